The van der Waals surface area contributed by atoms with Crippen LogP contribution in [-0.2, 0) is 4.74 Å². The van der Waals surface area contributed by atoms with Crippen molar-refractivity contribution in [3.63, 3.8) is 0 Å². The van der Waals surface area contributed by atoms with Crippen molar-refractivity contribution in [2.75, 3.05) is 31.2 Å². The third-order valence-electron chi connectivity index (χ3n) is 4.34. The number of aromatic nitrogens is 1. The Labute approximate surface area is 135 Å². The van der Waals surface area contributed by atoms with Crippen molar-refractivity contribution < 1.29 is 14.2 Å². The molecule has 2 aromatic rings. The van der Waals surface area contributed by atoms with Crippen molar-refractivity contribution in [1.82, 2.24) is 4.98 Å². The van der Waals surface area contributed by atoms with Crippen LogP contribution in [0.25, 0.3) is 10.9 Å². The maximum Gasteiger partial charge on any atom is 0.149 e. The van der Waals surface area contributed by atoms with Gasteiger partial charge >= 0.3 is 0 Å². The Hall–Kier alpha value is -1.72. The van der Waals surface area contributed by atoms with Gasteiger partial charge in [0.25, 0.3) is 0 Å². The fourth-order valence-electron chi connectivity index (χ4n) is 3.16. The van der Waals surface area contributed by atoms with Gasteiger partial charge in [0.2, 0.25) is 0 Å². The van der Waals surface area contributed by atoms with Crippen LogP contribution in [0.3, 0.4) is 0 Å². The molecule has 0 atom stereocenters. The third kappa shape index (κ3) is 3.62. The van der Waals surface area contributed by atoms with Gasteiger partial charge in [-0.3, -0.25) is 0 Å². The van der Waals surface area contributed by atoms with Crippen molar-refractivity contribution in [2.24, 2.45) is 0 Å². The lowest BCUT2D eigenvalue weighted by molar-refractivity contribution is 0.0294. The first-order chi connectivity index (χ1) is 11.2. The summed E-state index contributed by atoms with van der Waals surface area (Å²) in [6.45, 7) is 4.47. The summed E-state index contributed by atoms with van der Waals surface area (Å²) in [4.78, 5) is 6.64. The van der Waals surface area contributed by atoms with Crippen LogP contribution in [0.4, 0.5) is 10.1 Å². The molecular formula is C18H23FN2O2. The zero-order valence-electron chi connectivity index (χ0n) is 13.5. The largest absolute Gasteiger partial charge is 0.396 e. The van der Waals surface area contributed by atoms with Gasteiger partial charge in [0.15, 0.2) is 0 Å². The summed E-state index contributed by atoms with van der Waals surface area (Å²) in [5.41, 5.74) is 2.34. The molecule has 1 fully saturated rings. The molecule has 124 valence electrons. The number of halogens is 1. The molecule has 2 heterocycles. The highest BCUT2D eigenvalue weighted by Gasteiger charge is 2.22. The Morgan fingerprint density at radius 3 is 2.87 bits per heavy atom. The molecule has 1 aliphatic rings. The SMILES string of the molecule is Cc1cc(N2CCC(OCCCO)CC2)c2cccc(F)c2n1. The number of hydrogen-bond donors (Lipinski definition) is 1. The monoisotopic (exact) mass is 318 g/mol. The van der Waals surface area contributed by atoms with Gasteiger partial charge in [-0.1, -0.05) is 12.1 Å². The van der Waals surface area contributed by atoms with Crippen LogP contribution in [0.5, 0.6) is 0 Å². The topological polar surface area (TPSA) is 45.6 Å². The molecule has 1 saturated heterocycles. The van der Waals surface area contributed by atoms with Crippen molar-refractivity contribution in [1.29, 1.82) is 0 Å². The van der Waals surface area contributed by atoms with Crippen molar-refractivity contribution in [3.8, 4) is 0 Å². The number of hydrogen-bond acceptors (Lipinski definition) is 4. The normalized spacial score (nSPS) is 16.2. The van der Waals surface area contributed by atoms with E-state index in [1.165, 1.54) is 6.07 Å². The van der Waals surface area contributed by atoms with Gasteiger partial charge in [-0.25, -0.2) is 9.37 Å². The van der Waals surface area contributed by atoms with E-state index in [1.54, 1.807) is 6.07 Å². The van der Waals surface area contributed by atoms with Gasteiger partial charge in [0, 0.05) is 43.1 Å². The smallest absolute Gasteiger partial charge is 0.149 e. The zero-order valence-corrected chi connectivity index (χ0v) is 13.5. The maximum absolute atomic E-state index is 14.0. The lowest BCUT2D eigenvalue weighted by Crippen LogP contribution is -2.37. The predicted octanol–water partition coefficient (Wildman–Crippen LogP) is 3.05. The van der Waals surface area contributed by atoms with Crippen LogP contribution in [0, 0.1) is 12.7 Å². The summed E-state index contributed by atoms with van der Waals surface area (Å²) in [6, 6.07) is 7.17. The van der Waals surface area contributed by atoms with Crippen LogP contribution < -0.4 is 4.90 Å². The first kappa shape index (κ1) is 16.1. The average Bonchev–Trinajstić information content (AvgIpc) is 2.56. The van der Waals surface area contributed by atoms with Gasteiger partial charge in [0.1, 0.15) is 11.3 Å². The summed E-state index contributed by atoms with van der Waals surface area (Å²) in [7, 11) is 0. The van der Waals surface area contributed by atoms with Gasteiger partial charge in [-0.15, -0.1) is 0 Å². The molecule has 0 aliphatic carbocycles. The number of benzene rings is 1. The summed E-state index contributed by atoms with van der Waals surface area (Å²) in [5.74, 6) is -0.269. The molecule has 5 heteroatoms. The van der Waals surface area contributed by atoms with Gasteiger partial charge in [0.05, 0.1) is 6.10 Å². The number of anilines is 1. The molecule has 1 N–H and O–H groups in total. The molecule has 1 aromatic heterocycles. The summed E-state index contributed by atoms with van der Waals surface area (Å²) >= 11 is 0. The van der Waals surface area contributed by atoms with E-state index in [9.17, 15) is 4.39 Å². The second-order valence-corrected chi connectivity index (χ2v) is 6.05. The van der Waals surface area contributed by atoms with E-state index in [4.69, 9.17) is 9.84 Å². The van der Waals surface area contributed by atoms with E-state index in [-0.39, 0.29) is 18.5 Å². The lowest BCUT2D eigenvalue weighted by atomic mass is 10.0. The quantitative estimate of drug-likeness (QED) is 0.861. The molecule has 0 radical (unpaired) electrons. The molecule has 3 rings (SSSR count). The van der Waals surface area contributed by atoms with Gasteiger partial charge in [-0.2, -0.15) is 0 Å². The number of aliphatic hydroxyl groups is 1. The highest BCUT2D eigenvalue weighted by Crippen LogP contribution is 2.30. The zero-order chi connectivity index (χ0) is 16.2. The van der Waals surface area contributed by atoms with Crippen molar-refractivity contribution in [3.05, 3.63) is 35.8 Å². The number of piperidine rings is 1. The first-order valence-electron chi connectivity index (χ1n) is 8.22. The number of nitrogens with zero attached hydrogens (tertiary/aromatic N) is 2. The fourth-order valence-corrected chi connectivity index (χ4v) is 3.16. The molecule has 23 heavy (non-hydrogen) atoms. The Balaban J connectivity index is 1.76. The van der Waals surface area contributed by atoms with E-state index < -0.39 is 0 Å². The van der Waals surface area contributed by atoms with Gasteiger partial charge in [-0.05, 0) is 38.3 Å². The van der Waals surface area contributed by atoms with E-state index in [2.05, 4.69) is 9.88 Å². The van der Waals surface area contributed by atoms with Crippen LogP contribution in [-0.4, -0.2) is 42.5 Å². The molecule has 4 nitrogen and oxygen atoms in total. The second kappa shape index (κ2) is 7.23. The number of rotatable bonds is 5. The number of fused-ring (bicyclic) bond motifs is 1. The van der Waals surface area contributed by atoms with Crippen molar-refractivity contribution in [2.45, 2.75) is 32.3 Å². The average molecular weight is 318 g/mol. The van der Waals surface area contributed by atoms with E-state index in [0.717, 1.165) is 42.7 Å². The summed E-state index contributed by atoms with van der Waals surface area (Å²) < 4.78 is 19.8. The van der Waals surface area contributed by atoms with Crippen LogP contribution in [0.1, 0.15) is 25.0 Å². The Kier molecular flexibility index (Phi) is 5.08. The highest BCUT2D eigenvalue weighted by molar-refractivity contribution is 5.92. The molecule has 0 saturated carbocycles. The van der Waals surface area contributed by atoms with E-state index in [0.29, 0.717) is 18.5 Å². The van der Waals surface area contributed by atoms with Gasteiger partial charge < -0.3 is 14.7 Å². The number of para-hydroxylation sites is 1. The number of ether oxygens (including phenoxy) is 1. The maximum atomic E-state index is 14.0. The molecule has 0 spiro atoms. The minimum Gasteiger partial charge on any atom is -0.396 e. The van der Waals surface area contributed by atoms with Crippen LogP contribution >= 0.6 is 0 Å². The predicted molar refractivity (Wildman–Crippen MR) is 89.3 cm³/mol. The fraction of sp³-hybridized carbons (Fsp3) is 0.500. The Bertz CT molecular complexity index is 669. The molecule has 0 amide bonds. The number of pyridine rings is 1. The van der Waals surface area contributed by atoms with Crippen molar-refractivity contribution >= 4 is 16.6 Å². The molecule has 1 aliphatic heterocycles. The number of aryl methyl sites for hydroxylation is 1. The van der Waals surface area contributed by atoms with Crippen LogP contribution in [0.15, 0.2) is 24.3 Å². The van der Waals surface area contributed by atoms with E-state index >= 15 is 0 Å². The second-order valence-electron chi connectivity index (χ2n) is 6.05. The third-order valence-corrected chi connectivity index (χ3v) is 4.34. The number of aliphatic hydroxyl groups excluding tert-OH is 1. The van der Waals surface area contributed by atoms with Crippen LogP contribution in [0.2, 0.25) is 0 Å². The molecule has 0 bridgehead atoms. The molecule has 0 unspecified atom stereocenters. The minimum absolute atomic E-state index is 0.173. The standard InChI is InChI=1S/C18H23FN2O2/c1-13-12-17(15-4-2-5-16(19)18(15)20-13)21-8-6-14(7-9-21)23-11-3-10-22/h2,4-5,12,14,22H,3,6-11H2,1H3. The highest BCUT2D eigenvalue weighted by atomic mass is 19.1. The Morgan fingerprint density at radius 1 is 1.35 bits per heavy atom. The molecular weight excluding hydrogens is 295 g/mol. The minimum atomic E-state index is -0.269. The summed E-state index contributed by atoms with van der Waals surface area (Å²) in [6.07, 6.45) is 2.84. The Morgan fingerprint density at radius 2 is 2.13 bits per heavy atom. The molecule has 1 aromatic carbocycles. The first-order valence-corrected chi connectivity index (χ1v) is 8.22. The lowest BCUT2D eigenvalue weighted by Gasteiger charge is -2.34. The van der Waals surface area contributed by atoms with E-state index in [1.807, 2.05) is 19.1 Å². The summed E-state index contributed by atoms with van der Waals surface area (Å²) in [5, 5.41) is 9.68.